The highest BCUT2D eigenvalue weighted by molar-refractivity contribution is 5.85. The van der Waals surface area contributed by atoms with E-state index in [4.69, 9.17) is 5.11 Å². The molecule has 18 heavy (non-hydrogen) atoms. The van der Waals surface area contributed by atoms with E-state index in [1.807, 2.05) is 0 Å². The zero-order valence-electron chi connectivity index (χ0n) is 11.0. The summed E-state index contributed by atoms with van der Waals surface area (Å²) in [6.45, 7) is 5.44. The van der Waals surface area contributed by atoms with Crippen molar-refractivity contribution in [3.8, 4) is 0 Å². The average Bonchev–Trinajstić information content (AvgIpc) is 2.38. The molecule has 0 bridgehead atoms. The fraction of sp³-hybridized carbons (Fsp3) is 0.923. The number of aliphatic carboxylic acids is 1. The number of rotatable bonds is 4. The first kappa shape index (κ1) is 15.7. The van der Waals surface area contributed by atoms with Crippen LogP contribution in [0.5, 0.6) is 0 Å². The second-order valence-electron chi connectivity index (χ2n) is 5.31. The Labute approximate surface area is 116 Å². The van der Waals surface area contributed by atoms with Gasteiger partial charge in [-0.05, 0) is 51.9 Å². The zero-order chi connectivity index (χ0) is 12.1. The van der Waals surface area contributed by atoms with Gasteiger partial charge in [-0.25, -0.2) is 0 Å². The molecule has 1 N–H and O–H groups in total. The Morgan fingerprint density at radius 1 is 1.06 bits per heavy atom. The van der Waals surface area contributed by atoms with E-state index in [2.05, 4.69) is 9.80 Å². The van der Waals surface area contributed by atoms with Crippen molar-refractivity contribution in [1.82, 2.24) is 9.80 Å². The topological polar surface area (TPSA) is 43.8 Å². The van der Waals surface area contributed by atoms with Gasteiger partial charge in [0.25, 0.3) is 0 Å². The van der Waals surface area contributed by atoms with Gasteiger partial charge in [0.15, 0.2) is 0 Å². The summed E-state index contributed by atoms with van der Waals surface area (Å²) in [6, 6.07) is 0.761. The molecule has 2 saturated heterocycles. The molecule has 0 aromatic carbocycles. The number of carboxylic acid groups (broad SMARTS) is 1. The SMILES string of the molecule is Cl.O=C(O)CCN1CCC(N2CCCCC2)CC1. The summed E-state index contributed by atoms with van der Waals surface area (Å²) >= 11 is 0. The Morgan fingerprint density at radius 3 is 2.22 bits per heavy atom. The van der Waals surface area contributed by atoms with Crippen molar-refractivity contribution in [2.45, 2.75) is 44.6 Å². The van der Waals surface area contributed by atoms with E-state index < -0.39 is 5.97 Å². The monoisotopic (exact) mass is 276 g/mol. The lowest BCUT2D eigenvalue weighted by Crippen LogP contribution is -2.47. The maximum atomic E-state index is 10.5. The molecule has 0 unspecified atom stereocenters. The molecular weight excluding hydrogens is 252 g/mol. The van der Waals surface area contributed by atoms with Gasteiger partial charge in [0.2, 0.25) is 0 Å². The molecule has 2 rings (SSSR count). The summed E-state index contributed by atoms with van der Waals surface area (Å²) in [7, 11) is 0. The molecule has 106 valence electrons. The molecule has 2 heterocycles. The van der Waals surface area contributed by atoms with Crippen LogP contribution >= 0.6 is 12.4 Å². The molecular formula is C13H25ClN2O2. The molecule has 2 aliphatic rings. The third-order valence-corrected chi connectivity index (χ3v) is 4.11. The molecule has 4 nitrogen and oxygen atoms in total. The van der Waals surface area contributed by atoms with Crippen LogP contribution in [0.2, 0.25) is 0 Å². The number of hydrogen-bond donors (Lipinski definition) is 1. The van der Waals surface area contributed by atoms with Crippen LogP contribution in [0.3, 0.4) is 0 Å². The smallest absolute Gasteiger partial charge is 0.304 e. The fourth-order valence-electron chi connectivity index (χ4n) is 3.05. The highest BCUT2D eigenvalue weighted by Gasteiger charge is 2.25. The number of hydrogen-bond acceptors (Lipinski definition) is 3. The largest absolute Gasteiger partial charge is 0.481 e. The van der Waals surface area contributed by atoms with Gasteiger partial charge < -0.3 is 14.9 Å². The first-order valence-electron chi connectivity index (χ1n) is 6.94. The maximum Gasteiger partial charge on any atom is 0.304 e. The summed E-state index contributed by atoms with van der Waals surface area (Å²) in [4.78, 5) is 15.5. The molecule has 0 amide bonds. The second kappa shape index (κ2) is 7.97. The van der Waals surface area contributed by atoms with E-state index in [1.165, 1.54) is 45.2 Å². The summed E-state index contributed by atoms with van der Waals surface area (Å²) in [5.74, 6) is -0.678. The Hall–Kier alpha value is -0.320. The summed E-state index contributed by atoms with van der Waals surface area (Å²) in [5.41, 5.74) is 0. The van der Waals surface area contributed by atoms with Gasteiger partial charge >= 0.3 is 5.97 Å². The van der Waals surface area contributed by atoms with Gasteiger partial charge in [0.05, 0.1) is 6.42 Å². The molecule has 0 atom stereocenters. The van der Waals surface area contributed by atoms with Crippen molar-refractivity contribution in [2.24, 2.45) is 0 Å². The summed E-state index contributed by atoms with van der Waals surface area (Å²) < 4.78 is 0. The molecule has 0 aliphatic carbocycles. The van der Waals surface area contributed by atoms with Crippen molar-refractivity contribution >= 4 is 18.4 Å². The first-order chi connectivity index (χ1) is 8.25. The third kappa shape index (κ3) is 4.75. The minimum atomic E-state index is -0.678. The Kier molecular flexibility index (Phi) is 6.97. The number of carboxylic acids is 1. The second-order valence-corrected chi connectivity index (χ2v) is 5.31. The first-order valence-corrected chi connectivity index (χ1v) is 6.94. The van der Waals surface area contributed by atoms with Crippen LogP contribution in [0.1, 0.15) is 38.5 Å². The number of nitrogens with zero attached hydrogens (tertiary/aromatic N) is 2. The molecule has 0 radical (unpaired) electrons. The predicted molar refractivity (Wildman–Crippen MR) is 74.4 cm³/mol. The minimum absolute atomic E-state index is 0. The highest BCUT2D eigenvalue weighted by atomic mass is 35.5. The van der Waals surface area contributed by atoms with Crippen LogP contribution < -0.4 is 0 Å². The van der Waals surface area contributed by atoms with Crippen molar-refractivity contribution in [3.63, 3.8) is 0 Å². The Balaban J connectivity index is 0.00000162. The van der Waals surface area contributed by atoms with E-state index in [9.17, 15) is 4.79 Å². The zero-order valence-corrected chi connectivity index (χ0v) is 11.8. The lowest BCUT2D eigenvalue weighted by Gasteiger charge is -2.40. The van der Waals surface area contributed by atoms with E-state index in [-0.39, 0.29) is 18.8 Å². The maximum absolute atomic E-state index is 10.5. The van der Waals surface area contributed by atoms with E-state index in [0.717, 1.165) is 25.7 Å². The lowest BCUT2D eigenvalue weighted by molar-refractivity contribution is -0.137. The number of likely N-dealkylation sites (tertiary alicyclic amines) is 2. The van der Waals surface area contributed by atoms with Crippen LogP contribution in [0.25, 0.3) is 0 Å². The lowest BCUT2D eigenvalue weighted by atomic mass is 10.00. The van der Waals surface area contributed by atoms with Crippen molar-refractivity contribution in [3.05, 3.63) is 0 Å². The van der Waals surface area contributed by atoms with Crippen LogP contribution in [0.15, 0.2) is 0 Å². The van der Waals surface area contributed by atoms with Gasteiger partial charge in [-0.3, -0.25) is 4.79 Å². The highest BCUT2D eigenvalue weighted by Crippen LogP contribution is 2.20. The third-order valence-electron chi connectivity index (χ3n) is 4.11. The van der Waals surface area contributed by atoms with E-state index in [0.29, 0.717) is 0 Å². The average molecular weight is 277 g/mol. The van der Waals surface area contributed by atoms with E-state index >= 15 is 0 Å². The number of halogens is 1. The number of carbonyl (C=O) groups is 1. The summed E-state index contributed by atoms with van der Waals surface area (Å²) in [5, 5.41) is 8.67. The van der Waals surface area contributed by atoms with Crippen LogP contribution in [0, 0.1) is 0 Å². The molecule has 0 aromatic heterocycles. The van der Waals surface area contributed by atoms with Crippen molar-refractivity contribution in [2.75, 3.05) is 32.7 Å². The quantitative estimate of drug-likeness (QED) is 0.851. The van der Waals surface area contributed by atoms with Crippen LogP contribution in [-0.2, 0) is 4.79 Å². The molecule has 0 aromatic rings. The molecule has 0 spiro atoms. The van der Waals surface area contributed by atoms with Gasteiger partial charge in [-0.2, -0.15) is 0 Å². The fourth-order valence-corrected chi connectivity index (χ4v) is 3.05. The normalized spacial score (nSPS) is 23.6. The van der Waals surface area contributed by atoms with Gasteiger partial charge in [0, 0.05) is 12.6 Å². The molecule has 2 fully saturated rings. The van der Waals surface area contributed by atoms with Gasteiger partial charge in [-0.15, -0.1) is 12.4 Å². The van der Waals surface area contributed by atoms with Crippen molar-refractivity contribution in [1.29, 1.82) is 0 Å². The summed E-state index contributed by atoms with van der Waals surface area (Å²) in [6.07, 6.45) is 6.85. The minimum Gasteiger partial charge on any atom is -0.481 e. The van der Waals surface area contributed by atoms with E-state index in [1.54, 1.807) is 0 Å². The van der Waals surface area contributed by atoms with Gasteiger partial charge in [-0.1, -0.05) is 6.42 Å². The van der Waals surface area contributed by atoms with Crippen LogP contribution in [0.4, 0.5) is 0 Å². The van der Waals surface area contributed by atoms with Crippen molar-refractivity contribution < 1.29 is 9.90 Å². The Bertz CT molecular complexity index is 249. The molecule has 5 heteroatoms. The number of piperidine rings is 2. The molecule has 2 aliphatic heterocycles. The van der Waals surface area contributed by atoms with Crippen LogP contribution in [-0.4, -0.2) is 59.6 Å². The Morgan fingerprint density at radius 2 is 1.67 bits per heavy atom. The molecule has 0 saturated carbocycles. The standard InChI is InChI=1S/C13H24N2O2.ClH/c16-13(17)6-11-14-9-4-12(5-10-14)15-7-2-1-3-8-15;/h12H,1-11H2,(H,16,17);1H. The van der Waals surface area contributed by atoms with Gasteiger partial charge in [0.1, 0.15) is 0 Å². The predicted octanol–water partition coefficient (Wildman–Crippen LogP) is 1.83.